The van der Waals surface area contributed by atoms with Crippen LogP contribution < -0.4 is 0 Å². The molecule has 1 fully saturated rings. The Bertz CT molecular complexity index is 56.7. The molecule has 0 aliphatic carbocycles. The predicted molar refractivity (Wildman–Crippen MR) is 20.5 cm³/mol. The molecule has 0 unspecified atom stereocenters. The number of hydrogen-bond donors (Lipinski definition) is 0. The van der Waals surface area contributed by atoms with E-state index in [9.17, 15) is 0 Å². The van der Waals surface area contributed by atoms with Gasteiger partial charge in [-0.2, -0.15) is 0 Å². The first-order valence-corrected chi connectivity index (χ1v) is 3.47. The van der Waals surface area contributed by atoms with Gasteiger partial charge in [0.25, 0.3) is 0 Å². The van der Waals surface area contributed by atoms with Gasteiger partial charge < -0.3 is 0 Å². The molecule has 5 heavy (non-hydrogen) atoms. The fraction of sp³-hybridized carbons (Fsp3) is 0. The molecule has 2 nitrogen and oxygen atoms in total. The van der Waals surface area contributed by atoms with Crippen LogP contribution in [0.4, 0.5) is 0 Å². The Labute approximate surface area is 46.1 Å². The van der Waals surface area contributed by atoms with Crippen LogP contribution in [0.3, 0.4) is 0 Å². The summed E-state index contributed by atoms with van der Waals surface area (Å²) < 4.78 is 9.18. The van der Waals surface area contributed by atoms with Crippen molar-refractivity contribution >= 4 is 39.9 Å². The third-order valence-electron chi connectivity index (χ3n) is 0.224. The molecule has 1 aliphatic rings. The van der Waals surface area contributed by atoms with Crippen LogP contribution in [0.2, 0.25) is 0 Å². The Morgan fingerprint density at radius 1 is 1.60 bits per heavy atom. The number of hydrogen-bond acceptors (Lipinski definition) is 3. The van der Waals surface area contributed by atoms with E-state index in [0.29, 0.717) is 5.24 Å². The molecule has 0 bridgehead atoms. The Morgan fingerprint density at radius 3 is 2.00 bits per heavy atom. The van der Waals surface area contributed by atoms with Gasteiger partial charge in [-0.15, -0.1) is 0 Å². The van der Waals surface area contributed by atoms with E-state index in [-0.39, 0.29) is 0 Å². The average Bonchev–Trinajstić information content (AvgIpc) is 1.30. The molecule has 0 atom stereocenters. The van der Waals surface area contributed by atoms with Gasteiger partial charge in [0.1, 0.15) is 0 Å². The SMILES string of the molecule is S=C1[O][Sb][O]1. The summed E-state index contributed by atoms with van der Waals surface area (Å²) in [6.45, 7) is 0. The molecule has 4 heteroatoms. The van der Waals surface area contributed by atoms with Crippen LogP contribution in [0.1, 0.15) is 0 Å². The quantitative estimate of drug-likeness (QED) is 0.398. The van der Waals surface area contributed by atoms with E-state index < -0.39 is 22.5 Å². The van der Waals surface area contributed by atoms with Crippen molar-refractivity contribution in [2.45, 2.75) is 0 Å². The van der Waals surface area contributed by atoms with Crippen LogP contribution in [0.25, 0.3) is 0 Å². The molecule has 0 spiro atoms. The second-order valence-corrected chi connectivity index (χ2v) is 2.31. The van der Waals surface area contributed by atoms with Gasteiger partial charge in [-0.25, -0.2) is 0 Å². The van der Waals surface area contributed by atoms with E-state index in [1.165, 1.54) is 0 Å². The molecule has 27 valence electrons. The molecule has 0 aromatic rings. The minimum absolute atomic E-state index is 0.335. The summed E-state index contributed by atoms with van der Waals surface area (Å²) in [5.74, 6) is 0. The van der Waals surface area contributed by atoms with Crippen molar-refractivity contribution in [3.63, 3.8) is 0 Å². The summed E-state index contributed by atoms with van der Waals surface area (Å²) in [5, 5.41) is 0.335. The molecular weight excluding hydrogens is 198 g/mol. The van der Waals surface area contributed by atoms with Crippen LogP contribution in [0.15, 0.2) is 0 Å². The monoisotopic (exact) mass is 197 g/mol. The van der Waals surface area contributed by atoms with Gasteiger partial charge in [-0.1, -0.05) is 0 Å². The van der Waals surface area contributed by atoms with Crippen LogP contribution in [0.5, 0.6) is 0 Å². The Morgan fingerprint density at radius 2 is 2.00 bits per heavy atom. The van der Waals surface area contributed by atoms with Crippen LogP contribution >= 0.6 is 12.2 Å². The van der Waals surface area contributed by atoms with Crippen molar-refractivity contribution in [2.75, 3.05) is 0 Å². The van der Waals surface area contributed by atoms with Crippen molar-refractivity contribution in [1.82, 2.24) is 0 Å². The molecule has 0 aromatic carbocycles. The number of rotatable bonds is 0. The first-order chi connectivity index (χ1) is 2.39. The first-order valence-electron chi connectivity index (χ1n) is 0.978. The van der Waals surface area contributed by atoms with E-state index in [4.69, 9.17) is 0 Å². The predicted octanol–water partition coefficient (Wildman–Crippen LogP) is -0.148. The fourth-order valence-electron chi connectivity index (χ4n) is 0.0677. The van der Waals surface area contributed by atoms with Crippen LogP contribution in [-0.4, -0.2) is 27.7 Å². The molecule has 1 radical (unpaired) electrons. The van der Waals surface area contributed by atoms with Crippen molar-refractivity contribution in [1.29, 1.82) is 0 Å². The summed E-state index contributed by atoms with van der Waals surface area (Å²) >= 11 is 3.72. The zero-order chi connectivity index (χ0) is 3.70. The van der Waals surface area contributed by atoms with Crippen molar-refractivity contribution in [3.05, 3.63) is 0 Å². The van der Waals surface area contributed by atoms with Gasteiger partial charge in [0, 0.05) is 0 Å². The summed E-state index contributed by atoms with van der Waals surface area (Å²) in [7, 11) is 0. The Kier molecular flexibility index (Phi) is 0.967. The van der Waals surface area contributed by atoms with Gasteiger partial charge in [-0.3, -0.25) is 0 Å². The van der Waals surface area contributed by atoms with E-state index in [1.54, 1.807) is 0 Å². The topological polar surface area (TPSA) is 18.5 Å². The third kappa shape index (κ3) is 0.670. The van der Waals surface area contributed by atoms with Gasteiger partial charge in [0.15, 0.2) is 0 Å². The molecule has 0 N–H and O–H groups in total. The normalized spacial score (nSPS) is 18.8. The zero-order valence-electron chi connectivity index (χ0n) is 2.17. The maximum absolute atomic E-state index is 4.59. The average molecular weight is 198 g/mol. The van der Waals surface area contributed by atoms with Crippen LogP contribution in [0, 0.1) is 0 Å². The molecule has 1 heterocycles. The minimum atomic E-state index is -0.658. The molecule has 1 aliphatic heterocycles. The first kappa shape index (κ1) is 3.69. The maximum atomic E-state index is 4.59. The van der Waals surface area contributed by atoms with Gasteiger partial charge >= 0.3 is 45.9 Å². The second kappa shape index (κ2) is 1.31. The van der Waals surface area contributed by atoms with E-state index >= 15 is 0 Å². The molecule has 1 saturated heterocycles. The van der Waals surface area contributed by atoms with Crippen LogP contribution in [-0.2, 0) is 6.03 Å². The summed E-state index contributed by atoms with van der Waals surface area (Å²) in [6.07, 6.45) is 0. The van der Waals surface area contributed by atoms with Crippen molar-refractivity contribution < 1.29 is 6.03 Å². The summed E-state index contributed by atoms with van der Waals surface area (Å²) in [5.41, 5.74) is 0. The summed E-state index contributed by atoms with van der Waals surface area (Å²) in [4.78, 5) is 0. The van der Waals surface area contributed by atoms with Crippen molar-refractivity contribution in [3.8, 4) is 0 Å². The van der Waals surface area contributed by atoms with Gasteiger partial charge in [-0.05, 0) is 0 Å². The Balaban J connectivity index is 2.32. The molecule has 0 aromatic heterocycles. The van der Waals surface area contributed by atoms with Gasteiger partial charge in [0.05, 0.1) is 0 Å². The van der Waals surface area contributed by atoms with E-state index in [1.807, 2.05) is 0 Å². The Hall–Kier alpha value is 0.508. The van der Waals surface area contributed by atoms with E-state index in [2.05, 4.69) is 18.2 Å². The third-order valence-corrected chi connectivity index (χ3v) is 2.50. The second-order valence-electron chi connectivity index (χ2n) is 0.507. The number of thiocarbonyl (C=S) groups is 1. The van der Waals surface area contributed by atoms with E-state index in [0.717, 1.165) is 0 Å². The standard InChI is InChI=1S/CH2O2S.Sb/c2-1(3)4;/h(H2,2,3,4);/q;+2/p-2. The fourth-order valence-corrected chi connectivity index (χ4v) is 0.862. The molecular formula is CO2SSb. The van der Waals surface area contributed by atoms with Crippen molar-refractivity contribution in [2.24, 2.45) is 0 Å². The molecule has 0 saturated carbocycles. The zero-order valence-corrected chi connectivity index (χ0v) is 5.54. The molecule has 0 amide bonds. The molecule has 1 rings (SSSR count). The van der Waals surface area contributed by atoms with Gasteiger partial charge in [0.2, 0.25) is 0 Å². The summed E-state index contributed by atoms with van der Waals surface area (Å²) in [6, 6.07) is 0.